The fourth-order valence-corrected chi connectivity index (χ4v) is 5.59. The number of rotatable bonds is 2. The summed E-state index contributed by atoms with van der Waals surface area (Å²) in [5.41, 5.74) is 1.05. The van der Waals surface area contributed by atoms with E-state index < -0.39 is 9.84 Å². The lowest BCUT2D eigenvalue weighted by Gasteiger charge is -2.13. The Balaban J connectivity index is 1.54. The van der Waals surface area contributed by atoms with Crippen molar-refractivity contribution in [3.63, 3.8) is 0 Å². The van der Waals surface area contributed by atoms with Crippen LogP contribution in [0.2, 0.25) is 0 Å². The molecule has 5 nitrogen and oxygen atoms in total. The first-order chi connectivity index (χ1) is 10.0. The second kappa shape index (κ2) is 4.51. The van der Waals surface area contributed by atoms with Gasteiger partial charge in [-0.25, -0.2) is 17.8 Å². The summed E-state index contributed by atoms with van der Waals surface area (Å²) in [7, 11) is -2.92. The predicted octanol–water partition coefficient (Wildman–Crippen LogP) is 1.59. The van der Waals surface area contributed by atoms with Crippen molar-refractivity contribution >= 4 is 20.9 Å². The van der Waals surface area contributed by atoms with E-state index in [1.165, 1.54) is 12.1 Å². The number of likely N-dealkylation sites (tertiary alicyclic amines) is 1. The van der Waals surface area contributed by atoms with E-state index in [-0.39, 0.29) is 17.0 Å². The van der Waals surface area contributed by atoms with Crippen LogP contribution in [0.1, 0.15) is 12.3 Å². The lowest BCUT2D eigenvalue weighted by molar-refractivity contribution is 0.282. The first kappa shape index (κ1) is 13.2. The number of hydrogen-bond acceptors (Lipinski definition) is 5. The van der Waals surface area contributed by atoms with Gasteiger partial charge < -0.3 is 4.42 Å². The highest BCUT2D eigenvalue weighted by molar-refractivity contribution is 7.92. The summed E-state index contributed by atoms with van der Waals surface area (Å²) in [5, 5.41) is -0.237. The average molecular weight is 310 g/mol. The topological polar surface area (TPSA) is 63.4 Å². The van der Waals surface area contributed by atoms with Gasteiger partial charge >= 0.3 is 0 Å². The van der Waals surface area contributed by atoms with Crippen LogP contribution in [0.3, 0.4) is 0 Å². The van der Waals surface area contributed by atoms with Gasteiger partial charge in [0.15, 0.2) is 15.4 Å². The SMILES string of the molecule is O=S1(=O)CC[C@H]2CN(Cc3nc4ccc(F)cc4o3)C[C@H]21. The number of fused-ring (bicyclic) bond motifs is 2. The molecular weight excluding hydrogens is 295 g/mol. The van der Waals surface area contributed by atoms with Gasteiger partial charge in [0, 0.05) is 19.2 Å². The van der Waals surface area contributed by atoms with E-state index in [4.69, 9.17) is 4.42 Å². The van der Waals surface area contributed by atoms with Crippen LogP contribution in [0, 0.1) is 11.7 Å². The Bertz CT molecular complexity index is 802. The van der Waals surface area contributed by atoms with E-state index in [1.54, 1.807) is 6.07 Å². The van der Waals surface area contributed by atoms with Crippen LogP contribution >= 0.6 is 0 Å². The number of benzene rings is 1. The number of aromatic nitrogens is 1. The van der Waals surface area contributed by atoms with Crippen molar-refractivity contribution in [1.82, 2.24) is 9.88 Å². The van der Waals surface area contributed by atoms with Gasteiger partial charge in [-0.1, -0.05) is 0 Å². The van der Waals surface area contributed by atoms with Crippen molar-refractivity contribution in [3.8, 4) is 0 Å². The minimum absolute atomic E-state index is 0.233. The first-order valence-corrected chi connectivity index (χ1v) is 8.72. The molecule has 0 radical (unpaired) electrons. The van der Waals surface area contributed by atoms with E-state index in [1.807, 2.05) is 0 Å². The Labute approximate surface area is 121 Å². The van der Waals surface area contributed by atoms with E-state index in [2.05, 4.69) is 9.88 Å². The van der Waals surface area contributed by atoms with Crippen molar-refractivity contribution in [3.05, 3.63) is 29.9 Å². The normalized spacial score (nSPS) is 28.2. The van der Waals surface area contributed by atoms with Crippen LogP contribution in [0.25, 0.3) is 11.1 Å². The number of nitrogens with zero attached hydrogens (tertiary/aromatic N) is 2. The predicted molar refractivity (Wildman–Crippen MR) is 74.9 cm³/mol. The van der Waals surface area contributed by atoms with Crippen molar-refractivity contribution < 1.29 is 17.2 Å². The highest BCUT2D eigenvalue weighted by Crippen LogP contribution is 2.34. The molecule has 7 heteroatoms. The molecule has 2 fully saturated rings. The molecule has 0 aliphatic carbocycles. The molecule has 1 aromatic heterocycles. The third kappa shape index (κ3) is 2.24. The van der Waals surface area contributed by atoms with Gasteiger partial charge in [0.25, 0.3) is 0 Å². The smallest absolute Gasteiger partial charge is 0.209 e. The summed E-state index contributed by atoms with van der Waals surface area (Å²) in [4.78, 5) is 6.39. The summed E-state index contributed by atoms with van der Waals surface area (Å²) in [6.45, 7) is 1.77. The zero-order valence-corrected chi connectivity index (χ0v) is 12.1. The van der Waals surface area contributed by atoms with Crippen LogP contribution in [-0.2, 0) is 16.4 Å². The molecule has 0 bridgehead atoms. The minimum atomic E-state index is -2.92. The summed E-state index contributed by atoms with van der Waals surface area (Å²) in [6, 6.07) is 4.25. The summed E-state index contributed by atoms with van der Waals surface area (Å²) >= 11 is 0. The van der Waals surface area contributed by atoms with Gasteiger partial charge in [0.2, 0.25) is 5.89 Å². The lowest BCUT2D eigenvalue weighted by atomic mass is 10.1. The van der Waals surface area contributed by atoms with Gasteiger partial charge in [-0.05, 0) is 24.5 Å². The Morgan fingerprint density at radius 3 is 3.05 bits per heavy atom. The van der Waals surface area contributed by atoms with Crippen molar-refractivity contribution in [1.29, 1.82) is 0 Å². The highest BCUT2D eigenvalue weighted by atomic mass is 32.2. The van der Waals surface area contributed by atoms with Gasteiger partial charge in [-0.3, -0.25) is 4.90 Å². The number of oxazole rings is 1. The number of hydrogen-bond donors (Lipinski definition) is 0. The number of sulfone groups is 1. The Morgan fingerprint density at radius 1 is 1.38 bits per heavy atom. The quantitative estimate of drug-likeness (QED) is 0.843. The zero-order chi connectivity index (χ0) is 14.6. The Kier molecular flexibility index (Phi) is 2.84. The van der Waals surface area contributed by atoms with Gasteiger partial charge in [0.05, 0.1) is 17.5 Å². The molecular formula is C14H15FN2O3S. The summed E-state index contributed by atoms with van der Waals surface area (Å²) in [6.07, 6.45) is 0.752. The zero-order valence-electron chi connectivity index (χ0n) is 11.3. The molecule has 0 unspecified atom stereocenters. The van der Waals surface area contributed by atoms with Crippen molar-refractivity contribution in [2.45, 2.75) is 18.2 Å². The van der Waals surface area contributed by atoms with Gasteiger partial charge in [-0.2, -0.15) is 0 Å². The molecule has 2 atom stereocenters. The molecule has 3 heterocycles. The molecule has 0 spiro atoms. The largest absolute Gasteiger partial charge is 0.439 e. The second-order valence-electron chi connectivity index (χ2n) is 5.87. The number of halogens is 1. The lowest BCUT2D eigenvalue weighted by Crippen LogP contribution is -2.26. The molecule has 2 aromatic rings. The Hall–Kier alpha value is -1.47. The maximum absolute atomic E-state index is 13.1. The molecule has 0 N–H and O–H groups in total. The summed E-state index contributed by atoms with van der Waals surface area (Å²) < 4.78 is 42.5. The maximum atomic E-state index is 13.1. The van der Waals surface area contributed by atoms with E-state index >= 15 is 0 Å². The van der Waals surface area contributed by atoms with Gasteiger partial charge in [-0.15, -0.1) is 0 Å². The highest BCUT2D eigenvalue weighted by Gasteiger charge is 2.46. The van der Waals surface area contributed by atoms with Crippen LogP contribution in [0.4, 0.5) is 4.39 Å². The molecule has 112 valence electrons. The van der Waals surface area contributed by atoms with Crippen LogP contribution in [0.5, 0.6) is 0 Å². The fourth-order valence-electron chi connectivity index (χ4n) is 3.41. The van der Waals surface area contributed by atoms with E-state index in [0.717, 1.165) is 13.0 Å². The van der Waals surface area contributed by atoms with Crippen LogP contribution in [-0.4, -0.2) is 42.4 Å². The molecule has 2 saturated heterocycles. The van der Waals surface area contributed by atoms with Crippen molar-refractivity contribution in [2.75, 3.05) is 18.8 Å². The molecule has 2 aliphatic rings. The molecule has 0 amide bonds. The molecule has 4 rings (SSSR count). The van der Waals surface area contributed by atoms with Crippen molar-refractivity contribution in [2.24, 2.45) is 5.92 Å². The minimum Gasteiger partial charge on any atom is -0.439 e. The molecule has 21 heavy (non-hydrogen) atoms. The third-order valence-corrected chi connectivity index (χ3v) is 6.71. The van der Waals surface area contributed by atoms with Crippen LogP contribution in [0.15, 0.2) is 22.6 Å². The first-order valence-electron chi connectivity index (χ1n) is 7.00. The van der Waals surface area contributed by atoms with Crippen LogP contribution < -0.4 is 0 Å². The molecule has 2 aliphatic heterocycles. The van der Waals surface area contributed by atoms with Gasteiger partial charge in [0.1, 0.15) is 11.3 Å². The molecule has 0 saturated carbocycles. The second-order valence-corrected chi connectivity index (χ2v) is 8.21. The molecule has 1 aromatic carbocycles. The fraction of sp³-hybridized carbons (Fsp3) is 0.500. The van der Waals surface area contributed by atoms with E-state index in [0.29, 0.717) is 35.8 Å². The Morgan fingerprint density at radius 2 is 2.24 bits per heavy atom. The maximum Gasteiger partial charge on any atom is 0.209 e. The summed E-state index contributed by atoms with van der Waals surface area (Å²) in [5.74, 6) is 0.704. The van der Waals surface area contributed by atoms with E-state index in [9.17, 15) is 12.8 Å². The third-order valence-electron chi connectivity index (χ3n) is 4.44. The average Bonchev–Trinajstić information content (AvgIpc) is 3.06. The monoisotopic (exact) mass is 310 g/mol. The standard InChI is InChI=1S/C14H15FN2O3S/c15-10-1-2-11-12(5-10)20-14(16-11)8-17-6-9-3-4-21(18,19)13(9)7-17/h1-2,5,9,13H,3-4,6-8H2/t9-,13+/m0/s1.